The normalized spacial score (nSPS) is 14.8. The number of benzene rings is 1. The molecule has 1 aliphatic heterocycles. The van der Waals surface area contributed by atoms with Gasteiger partial charge in [0.15, 0.2) is 11.6 Å². The van der Waals surface area contributed by atoms with Crippen molar-refractivity contribution in [1.82, 2.24) is 14.5 Å². The summed E-state index contributed by atoms with van der Waals surface area (Å²) in [6.07, 6.45) is 8.58. The summed E-state index contributed by atoms with van der Waals surface area (Å²) in [6, 6.07) is 7.52. The minimum absolute atomic E-state index is 0.0225. The van der Waals surface area contributed by atoms with E-state index in [0.717, 1.165) is 48.4 Å². The Balaban J connectivity index is 1.62. The number of carbonyl (C=O) groups is 1. The molecule has 178 valence electrons. The number of fused-ring (bicyclic) bond motifs is 1. The monoisotopic (exact) mass is 479 g/mol. The molecule has 0 saturated carbocycles. The van der Waals surface area contributed by atoms with Crippen molar-refractivity contribution >= 4 is 51.8 Å². The lowest BCUT2D eigenvalue weighted by atomic mass is 9.95. The Morgan fingerprint density at radius 3 is 2.71 bits per heavy atom. The molecule has 1 aliphatic rings. The molecule has 0 amide bonds. The third-order valence-corrected chi connectivity index (χ3v) is 6.79. The lowest BCUT2D eigenvalue weighted by molar-refractivity contribution is -0.114. The van der Waals surface area contributed by atoms with Gasteiger partial charge in [-0.3, -0.25) is 9.59 Å². The van der Waals surface area contributed by atoms with Crippen LogP contribution in [0.3, 0.4) is 0 Å². The van der Waals surface area contributed by atoms with Crippen LogP contribution in [0.25, 0.3) is 17.0 Å². The van der Waals surface area contributed by atoms with Crippen molar-refractivity contribution in [2.24, 2.45) is 13.0 Å². The van der Waals surface area contributed by atoms with E-state index in [1.165, 1.54) is 12.5 Å². The number of ketones is 1. The average molecular weight is 480 g/mol. The first kappa shape index (κ1) is 24.0. The van der Waals surface area contributed by atoms with Gasteiger partial charge in [0.2, 0.25) is 5.95 Å². The van der Waals surface area contributed by atoms with Gasteiger partial charge in [0.05, 0.1) is 11.7 Å². The molecule has 1 N–H and O–H groups in total. The second kappa shape index (κ2) is 10.4. The molecule has 0 aliphatic carbocycles. The highest BCUT2D eigenvalue weighted by Crippen LogP contribution is 2.29. The quantitative estimate of drug-likeness (QED) is 0.460. The van der Waals surface area contributed by atoms with Crippen LogP contribution in [0.5, 0.6) is 0 Å². The molecule has 8 heteroatoms. The van der Waals surface area contributed by atoms with Crippen molar-refractivity contribution in [3.05, 3.63) is 57.5 Å². The molecule has 7 nitrogen and oxygen atoms in total. The molecule has 0 spiro atoms. The maximum absolute atomic E-state index is 12.7. The Bertz CT molecular complexity index is 1290. The van der Waals surface area contributed by atoms with Crippen LogP contribution in [-0.2, 0) is 11.8 Å². The number of aromatic nitrogens is 3. The molecule has 0 radical (unpaired) electrons. The Kier molecular flexibility index (Phi) is 7.32. The summed E-state index contributed by atoms with van der Waals surface area (Å²) in [5, 5.41) is 4.61. The van der Waals surface area contributed by atoms with Gasteiger partial charge in [-0.05, 0) is 55.2 Å². The number of nitrogens with one attached hydrogen (secondary N) is 1. The van der Waals surface area contributed by atoms with Gasteiger partial charge >= 0.3 is 0 Å². The lowest BCUT2D eigenvalue weighted by Gasteiger charge is -2.31. The fraction of sp³-hybridized carbons (Fsp3) is 0.385. The Morgan fingerprint density at radius 1 is 1.24 bits per heavy atom. The van der Waals surface area contributed by atoms with Crippen LogP contribution in [0.15, 0.2) is 41.3 Å². The van der Waals surface area contributed by atoms with E-state index in [0.29, 0.717) is 28.8 Å². The van der Waals surface area contributed by atoms with Gasteiger partial charge in [0.1, 0.15) is 5.02 Å². The maximum atomic E-state index is 12.7. The second-order valence-corrected chi connectivity index (χ2v) is 9.13. The Hall–Kier alpha value is -3.19. The lowest BCUT2D eigenvalue weighted by Crippen LogP contribution is -2.34. The Labute approximate surface area is 204 Å². The summed E-state index contributed by atoms with van der Waals surface area (Å²) in [5.41, 5.74) is 1.90. The van der Waals surface area contributed by atoms with Crippen LogP contribution in [0.2, 0.25) is 5.02 Å². The van der Waals surface area contributed by atoms with Gasteiger partial charge in [0.25, 0.3) is 5.56 Å². The summed E-state index contributed by atoms with van der Waals surface area (Å²) in [7, 11) is 1.73. The van der Waals surface area contributed by atoms with Crippen LogP contribution < -0.4 is 15.8 Å². The molecular formula is C26H30ClN5O2. The highest BCUT2D eigenvalue weighted by Gasteiger charge is 2.20. The van der Waals surface area contributed by atoms with Crippen LogP contribution in [0.4, 0.5) is 17.5 Å². The van der Waals surface area contributed by atoms with Crippen molar-refractivity contribution in [1.29, 1.82) is 0 Å². The van der Waals surface area contributed by atoms with Gasteiger partial charge < -0.3 is 14.8 Å². The highest BCUT2D eigenvalue weighted by atomic mass is 35.5. The summed E-state index contributed by atoms with van der Waals surface area (Å²) in [4.78, 5) is 35.7. The average Bonchev–Trinajstić information content (AvgIpc) is 2.86. The van der Waals surface area contributed by atoms with E-state index in [4.69, 9.17) is 16.6 Å². The first-order valence-corrected chi connectivity index (χ1v) is 12.2. The zero-order chi connectivity index (χ0) is 24.2. The van der Waals surface area contributed by atoms with E-state index in [2.05, 4.69) is 22.1 Å². The fourth-order valence-corrected chi connectivity index (χ4v) is 4.42. The summed E-state index contributed by atoms with van der Waals surface area (Å²) in [6.45, 7) is 5.92. The number of pyridine rings is 1. The molecule has 0 atom stereocenters. The topological polar surface area (TPSA) is 80.1 Å². The number of allylic oxidation sites excluding steroid dienone is 1. The molecule has 3 heterocycles. The predicted molar refractivity (Wildman–Crippen MR) is 139 cm³/mol. The standard InChI is InChI=1S/C26H30ClN5O2/c1-4-17-10-12-32(13-11-17)26-28-16-22(27)24(30-26)29-20-7-9-23-19(15-20)14-18(25(34)31(23)3)6-8-21(33)5-2/h6-9,14-17H,4-5,10-13H2,1-3H3,(H,28,29,30)/b8-6+. The fourth-order valence-electron chi connectivity index (χ4n) is 4.28. The molecule has 3 aromatic rings. The zero-order valence-electron chi connectivity index (χ0n) is 19.8. The largest absolute Gasteiger partial charge is 0.341 e. The number of hydrogen-bond acceptors (Lipinski definition) is 6. The van der Waals surface area contributed by atoms with Crippen molar-refractivity contribution in [2.45, 2.75) is 39.5 Å². The third kappa shape index (κ3) is 5.14. The SMILES string of the molecule is CCC(=O)/C=C/c1cc2cc(Nc3nc(N4CCC(CC)CC4)ncc3Cl)ccc2n(C)c1=O. The first-order valence-electron chi connectivity index (χ1n) is 11.8. The number of piperidine rings is 1. The third-order valence-electron chi connectivity index (χ3n) is 6.52. The van der Waals surface area contributed by atoms with Crippen molar-refractivity contribution < 1.29 is 4.79 Å². The number of anilines is 3. The van der Waals surface area contributed by atoms with Gasteiger partial charge in [-0.2, -0.15) is 4.98 Å². The van der Waals surface area contributed by atoms with Crippen molar-refractivity contribution in [3.8, 4) is 0 Å². The van der Waals surface area contributed by atoms with E-state index < -0.39 is 0 Å². The van der Waals surface area contributed by atoms with Gasteiger partial charge in [0, 0.05) is 43.2 Å². The number of nitrogens with zero attached hydrogens (tertiary/aromatic N) is 4. The highest BCUT2D eigenvalue weighted by molar-refractivity contribution is 6.32. The minimum Gasteiger partial charge on any atom is -0.341 e. The van der Waals surface area contributed by atoms with Crippen molar-refractivity contribution in [3.63, 3.8) is 0 Å². The molecule has 34 heavy (non-hydrogen) atoms. The first-order chi connectivity index (χ1) is 16.4. The number of hydrogen-bond donors (Lipinski definition) is 1. The maximum Gasteiger partial charge on any atom is 0.258 e. The van der Waals surface area contributed by atoms with E-state index in [9.17, 15) is 9.59 Å². The van der Waals surface area contributed by atoms with E-state index in [1.807, 2.05) is 18.2 Å². The van der Waals surface area contributed by atoms with Crippen LogP contribution in [-0.4, -0.2) is 33.4 Å². The smallest absolute Gasteiger partial charge is 0.258 e. The summed E-state index contributed by atoms with van der Waals surface area (Å²) < 4.78 is 1.59. The molecule has 4 rings (SSSR count). The molecule has 2 aromatic heterocycles. The van der Waals surface area contributed by atoms with E-state index in [1.54, 1.807) is 36.9 Å². The Morgan fingerprint density at radius 2 is 2.00 bits per heavy atom. The van der Waals surface area contributed by atoms with E-state index >= 15 is 0 Å². The predicted octanol–water partition coefficient (Wildman–Crippen LogP) is 5.34. The summed E-state index contributed by atoms with van der Waals surface area (Å²) in [5.74, 6) is 1.97. The second-order valence-electron chi connectivity index (χ2n) is 8.72. The van der Waals surface area contributed by atoms with Gasteiger partial charge in [-0.25, -0.2) is 4.98 Å². The van der Waals surface area contributed by atoms with E-state index in [-0.39, 0.29) is 11.3 Å². The van der Waals surface area contributed by atoms with Crippen LogP contribution in [0, 0.1) is 5.92 Å². The molecule has 0 bridgehead atoms. The van der Waals surface area contributed by atoms with Crippen molar-refractivity contribution in [2.75, 3.05) is 23.3 Å². The van der Waals surface area contributed by atoms with Crippen LogP contribution >= 0.6 is 11.6 Å². The summed E-state index contributed by atoms with van der Waals surface area (Å²) >= 11 is 6.41. The number of rotatable bonds is 7. The van der Waals surface area contributed by atoms with Gasteiger partial charge in [-0.15, -0.1) is 0 Å². The minimum atomic E-state index is -0.149. The number of carbonyl (C=O) groups excluding carboxylic acids is 1. The van der Waals surface area contributed by atoms with Crippen LogP contribution in [0.1, 0.15) is 45.1 Å². The molecule has 0 unspecified atom stereocenters. The number of aryl methyl sites for hydroxylation is 1. The van der Waals surface area contributed by atoms with Gasteiger partial charge in [-0.1, -0.05) is 31.9 Å². The molecular weight excluding hydrogens is 450 g/mol. The molecule has 1 saturated heterocycles. The molecule has 1 fully saturated rings. The zero-order valence-corrected chi connectivity index (χ0v) is 20.6. The number of halogens is 1. The molecule has 1 aromatic carbocycles.